The van der Waals surface area contributed by atoms with Crippen LogP contribution < -0.4 is 10.1 Å². The second-order valence-electron chi connectivity index (χ2n) is 8.09. The summed E-state index contributed by atoms with van der Waals surface area (Å²) in [4.78, 5) is 40.9. The Balaban J connectivity index is 1.69. The first-order chi connectivity index (χ1) is 13.3. The first kappa shape index (κ1) is 20.2. The lowest BCUT2D eigenvalue weighted by molar-refractivity contribution is -0.139. The molecule has 0 radical (unpaired) electrons. The Morgan fingerprint density at radius 1 is 1.21 bits per heavy atom. The maximum Gasteiger partial charge on any atom is 0.325 e. The number of hydrogen-bond acceptors (Lipinski definition) is 4. The summed E-state index contributed by atoms with van der Waals surface area (Å²) in [5, 5.41) is 2.74. The van der Waals surface area contributed by atoms with Crippen LogP contribution in [0.5, 0.6) is 5.75 Å². The summed E-state index contributed by atoms with van der Waals surface area (Å²) >= 11 is 0. The van der Waals surface area contributed by atoms with Gasteiger partial charge in [-0.15, -0.1) is 0 Å². The molecule has 1 atom stereocenters. The molecule has 28 heavy (non-hydrogen) atoms. The van der Waals surface area contributed by atoms with Gasteiger partial charge in [0.25, 0.3) is 5.91 Å². The van der Waals surface area contributed by atoms with E-state index < -0.39 is 17.5 Å². The highest BCUT2D eigenvalue weighted by Gasteiger charge is 2.49. The number of benzene rings is 1. The summed E-state index contributed by atoms with van der Waals surface area (Å²) in [5.74, 6) is 0.735. The zero-order chi connectivity index (χ0) is 20.5. The Labute approximate surface area is 166 Å². The van der Waals surface area contributed by atoms with E-state index in [4.69, 9.17) is 4.74 Å². The number of amides is 4. The molecule has 0 aromatic heterocycles. The maximum atomic E-state index is 13.0. The third kappa shape index (κ3) is 3.70. The van der Waals surface area contributed by atoms with E-state index in [0.29, 0.717) is 17.2 Å². The normalized spacial score (nSPS) is 27.5. The number of urea groups is 1. The van der Waals surface area contributed by atoms with Crippen LogP contribution in [-0.2, 0) is 15.1 Å². The summed E-state index contributed by atoms with van der Waals surface area (Å²) in [5.41, 5.74) is -0.543. The van der Waals surface area contributed by atoms with Crippen molar-refractivity contribution in [1.29, 1.82) is 0 Å². The van der Waals surface area contributed by atoms with Crippen molar-refractivity contribution < 1.29 is 19.1 Å². The van der Waals surface area contributed by atoms with Gasteiger partial charge in [-0.3, -0.25) is 14.5 Å². The number of nitrogens with one attached hydrogen (secondary N) is 1. The average Bonchev–Trinajstić information content (AvgIpc) is 2.92. The molecule has 1 saturated heterocycles. The molecule has 1 aromatic rings. The molecule has 1 aromatic carbocycles. The summed E-state index contributed by atoms with van der Waals surface area (Å²) in [6.45, 7) is 3.65. The molecule has 2 fully saturated rings. The van der Waals surface area contributed by atoms with Crippen molar-refractivity contribution in [2.75, 3.05) is 20.7 Å². The van der Waals surface area contributed by atoms with E-state index in [1.165, 1.54) is 0 Å². The Hall–Kier alpha value is -2.57. The van der Waals surface area contributed by atoms with Crippen molar-refractivity contribution >= 4 is 17.8 Å². The minimum absolute atomic E-state index is 0.178. The van der Waals surface area contributed by atoms with E-state index in [1.54, 1.807) is 50.2 Å². The van der Waals surface area contributed by atoms with Gasteiger partial charge in [0.15, 0.2) is 0 Å². The highest BCUT2D eigenvalue weighted by molar-refractivity contribution is 6.09. The van der Waals surface area contributed by atoms with Crippen molar-refractivity contribution in [3.63, 3.8) is 0 Å². The number of likely N-dealkylation sites (N-methyl/N-ethyl adjacent to an activating group) is 1. The molecular weight excluding hydrogens is 358 g/mol. The number of hydrogen-bond donors (Lipinski definition) is 1. The van der Waals surface area contributed by atoms with Gasteiger partial charge < -0.3 is 15.0 Å². The molecule has 7 nitrogen and oxygen atoms in total. The van der Waals surface area contributed by atoms with Gasteiger partial charge in [-0.25, -0.2) is 4.79 Å². The quantitative estimate of drug-likeness (QED) is 0.788. The van der Waals surface area contributed by atoms with Gasteiger partial charge >= 0.3 is 6.03 Å². The number of ether oxygens (including phenoxy) is 1. The van der Waals surface area contributed by atoms with Gasteiger partial charge in [0.1, 0.15) is 17.8 Å². The predicted molar refractivity (Wildman–Crippen MR) is 105 cm³/mol. The Morgan fingerprint density at radius 2 is 1.82 bits per heavy atom. The number of nitrogens with zero attached hydrogens (tertiary/aromatic N) is 2. The van der Waals surface area contributed by atoms with Crippen molar-refractivity contribution in [2.24, 2.45) is 5.92 Å². The monoisotopic (exact) mass is 387 g/mol. The van der Waals surface area contributed by atoms with Crippen molar-refractivity contribution in [3.8, 4) is 5.75 Å². The average molecular weight is 387 g/mol. The highest BCUT2D eigenvalue weighted by atomic mass is 16.5. The summed E-state index contributed by atoms with van der Waals surface area (Å²) in [6.07, 6.45) is 4.13. The van der Waals surface area contributed by atoms with E-state index in [2.05, 4.69) is 12.2 Å². The predicted octanol–water partition coefficient (Wildman–Crippen LogP) is 2.50. The van der Waals surface area contributed by atoms with Gasteiger partial charge in [-0.2, -0.15) is 0 Å². The molecule has 1 heterocycles. The van der Waals surface area contributed by atoms with E-state index in [-0.39, 0.29) is 18.5 Å². The largest absolute Gasteiger partial charge is 0.497 e. The number of methoxy groups -OCH3 is 1. The van der Waals surface area contributed by atoms with E-state index >= 15 is 0 Å². The van der Waals surface area contributed by atoms with Crippen molar-refractivity contribution in [2.45, 2.75) is 51.1 Å². The molecule has 0 spiro atoms. The summed E-state index contributed by atoms with van der Waals surface area (Å²) < 4.78 is 5.14. The molecule has 1 aliphatic carbocycles. The van der Waals surface area contributed by atoms with Crippen LogP contribution in [0.1, 0.15) is 45.1 Å². The van der Waals surface area contributed by atoms with Crippen LogP contribution in [0.15, 0.2) is 24.3 Å². The Kier molecular flexibility index (Phi) is 5.63. The fourth-order valence-electron chi connectivity index (χ4n) is 4.04. The van der Waals surface area contributed by atoms with Crippen LogP contribution in [-0.4, -0.2) is 54.4 Å². The number of carbonyl (C=O) groups is 3. The third-order valence-electron chi connectivity index (χ3n) is 6.16. The Bertz CT molecular complexity index is 755. The number of carbonyl (C=O) groups excluding carboxylic acids is 3. The zero-order valence-electron chi connectivity index (χ0n) is 17.0. The summed E-state index contributed by atoms with van der Waals surface area (Å²) in [7, 11) is 3.33. The van der Waals surface area contributed by atoms with Crippen LogP contribution in [0.25, 0.3) is 0 Å². The SMILES string of the molecule is COc1ccc([C@@]2(C)NC(=O)N(CC(=O)N(C)C3CCC(C)CC3)C2=O)cc1. The number of imide groups is 1. The number of rotatable bonds is 5. The minimum Gasteiger partial charge on any atom is -0.497 e. The molecule has 0 unspecified atom stereocenters. The first-order valence-electron chi connectivity index (χ1n) is 9.80. The second-order valence-corrected chi connectivity index (χ2v) is 8.09. The lowest BCUT2D eigenvalue weighted by Gasteiger charge is -2.34. The van der Waals surface area contributed by atoms with Gasteiger partial charge in [0.2, 0.25) is 5.91 Å². The van der Waals surface area contributed by atoms with Crippen molar-refractivity contribution in [3.05, 3.63) is 29.8 Å². The molecule has 2 aliphatic rings. The standard InChI is InChI=1S/C21H29N3O4/c1-14-5-9-16(10-6-14)23(3)18(25)13-24-19(26)21(2,22-20(24)27)15-7-11-17(28-4)12-8-15/h7-8,11-12,14,16H,5-6,9-10,13H2,1-4H3,(H,22,27)/t14?,16?,21-/m1/s1. The first-order valence-corrected chi connectivity index (χ1v) is 9.80. The van der Waals surface area contributed by atoms with Crippen LogP contribution in [0, 0.1) is 5.92 Å². The van der Waals surface area contributed by atoms with E-state index in [0.717, 1.165) is 30.6 Å². The zero-order valence-corrected chi connectivity index (χ0v) is 17.0. The van der Waals surface area contributed by atoms with Crippen LogP contribution in [0.2, 0.25) is 0 Å². The van der Waals surface area contributed by atoms with Crippen LogP contribution >= 0.6 is 0 Å². The van der Waals surface area contributed by atoms with Crippen LogP contribution in [0.4, 0.5) is 4.79 Å². The molecule has 0 bridgehead atoms. The van der Waals surface area contributed by atoms with Crippen molar-refractivity contribution in [1.82, 2.24) is 15.1 Å². The molecule has 3 rings (SSSR count). The summed E-state index contributed by atoms with van der Waals surface area (Å²) in [6, 6.07) is 6.62. The molecule has 152 valence electrons. The molecule has 1 N–H and O–H groups in total. The molecule has 1 aliphatic heterocycles. The topological polar surface area (TPSA) is 79.0 Å². The van der Waals surface area contributed by atoms with Crippen LogP contribution in [0.3, 0.4) is 0 Å². The van der Waals surface area contributed by atoms with E-state index in [1.807, 2.05) is 0 Å². The van der Waals surface area contributed by atoms with Gasteiger partial charge in [0.05, 0.1) is 7.11 Å². The third-order valence-corrected chi connectivity index (χ3v) is 6.16. The Morgan fingerprint density at radius 3 is 2.39 bits per heavy atom. The molecule has 1 saturated carbocycles. The maximum absolute atomic E-state index is 13.0. The molecule has 4 amide bonds. The fourth-order valence-corrected chi connectivity index (χ4v) is 4.04. The highest BCUT2D eigenvalue weighted by Crippen LogP contribution is 2.31. The lowest BCUT2D eigenvalue weighted by Crippen LogP contribution is -2.47. The van der Waals surface area contributed by atoms with Gasteiger partial charge in [-0.05, 0) is 56.2 Å². The van der Waals surface area contributed by atoms with Gasteiger partial charge in [-0.1, -0.05) is 19.1 Å². The second kappa shape index (κ2) is 7.81. The smallest absolute Gasteiger partial charge is 0.325 e. The fraction of sp³-hybridized carbons (Fsp3) is 0.571. The minimum atomic E-state index is -1.19. The lowest BCUT2D eigenvalue weighted by atomic mass is 9.87. The molecular formula is C21H29N3O4. The molecule has 7 heteroatoms. The van der Waals surface area contributed by atoms with Gasteiger partial charge in [0, 0.05) is 13.1 Å². The van der Waals surface area contributed by atoms with E-state index in [9.17, 15) is 14.4 Å².